The van der Waals surface area contributed by atoms with Gasteiger partial charge >= 0.3 is 5.97 Å². The maximum atomic E-state index is 12.3. The normalized spacial score (nSPS) is 11.4. The highest BCUT2D eigenvalue weighted by atomic mass is 35.5. The molecular formula is C19H19Cl2NO6. The van der Waals surface area contributed by atoms with Crippen molar-refractivity contribution >= 4 is 35.1 Å². The van der Waals surface area contributed by atoms with Crippen molar-refractivity contribution in [2.24, 2.45) is 0 Å². The van der Waals surface area contributed by atoms with Crippen molar-refractivity contribution in [3.63, 3.8) is 0 Å². The SMILES string of the molecule is COc1ccc(C(CC(=O)O)NC(=O)COc2ccc(Cl)cc2Cl)cc1OC. The first-order chi connectivity index (χ1) is 13.3. The van der Waals surface area contributed by atoms with Gasteiger partial charge < -0.3 is 24.6 Å². The first-order valence-corrected chi connectivity index (χ1v) is 8.90. The largest absolute Gasteiger partial charge is 0.493 e. The average molecular weight is 428 g/mol. The van der Waals surface area contributed by atoms with Crippen LogP contribution in [-0.2, 0) is 9.59 Å². The predicted octanol–water partition coefficient (Wildman–Crippen LogP) is 3.72. The van der Waals surface area contributed by atoms with Gasteiger partial charge in [-0.1, -0.05) is 29.3 Å². The summed E-state index contributed by atoms with van der Waals surface area (Å²) in [4.78, 5) is 23.5. The minimum Gasteiger partial charge on any atom is -0.493 e. The first-order valence-electron chi connectivity index (χ1n) is 8.15. The van der Waals surface area contributed by atoms with Gasteiger partial charge in [0.2, 0.25) is 0 Å². The molecule has 28 heavy (non-hydrogen) atoms. The molecule has 0 bridgehead atoms. The summed E-state index contributed by atoms with van der Waals surface area (Å²) in [5, 5.41) is 12.5. The molecule has 2 rings (SSSR count). The highest BCUT2D eigenvalue weighted by Crippen LogP contribution is 2.31. The van der Waals surface area contributed by atoms with E-state index in [0.29, 0.717) is 27.8 Å². The van der Waals surface area contributed by atoms with Crippen molar-refractivity contribution in [2.45, 2.75) is 12.5 Å². The van der Waals surface area contributed by atoms with Gasteiger partial charge in [-0.15, -0.1) is 0 Å². The molecule has 0 radical (unpaired) electrons. The molecule has 0 heterocycles. The summed E-state index contributed by atoms with van der Waals surface area (Å²) in [5.74, 6) is -0.364. The number of hydrogen-bond donors (Lipinski definition) is 2. The van der Waals surface area contributed by atoms with Gasteiger partial charge in [0, 0.05) is 5.02 Å². The molecule has 0 aliphatic rings. The number of rotatable bonds is 9. The average Bonchev–Trinajstić information content (AvgIpc) is 2.65. The third-order valence-corrected chi connectivity index (χ3v) is 4.31. The van der Waals surface area contributed by atoms with Crippen LogP contribution in [0.5, 0.6) is 17.2 Å². The molecule has 2 aromatic rings. The Kier molecular flexibility index (Phi) is 7.78. The molecule has 1 amide bonds. The number of amides is 1. The van der Waals surface area contributed by atoms with Crippen LogP contribution in [0.1, 0.15) is 18.0 Å². The van der Waals surface area contributed by atoms with Crippen LogP contribution in [0, 0.1) is 0 Å². The number of aliphatic carboxylic acids is 1. The fourth-order valence-electron chi connectivity index (χ4n) is 2.47. The number of nitrogens with one attached hydrogen (secondary N) is 1. The molecule has 1 unspecified atom stereocenters. The number of carbonyl (C=O) groups excluding carboxylic acids is 1. The Balaban J connectivity index is 2.10. The standard InChI is InChI=1S/C19H19Cl2NO6/c1-26-16-5-3-11(7-17(16)27-2)14(9-19(24)25)22-18(23)10-28-15-6-4-12(20)8-13(15)21/h3-8,14H,9-10H2,1-2H3,(H,22,23)(H,24,25). The molecule has 1 atom stereocenters. The van der Waals surface area contributed by atoms with E-state index in [-0.39, 0.29) is 18.1 Å². The van der Waals surface area contributed by atoms with Crippen molar-refractivity contribution < 1.29 is 28.9 Å². The van der Waals surface area contributed by atoms with Crippen LogP contribution in [0.2, 0.25) is 10.0 Å². The van der Waals surface area contributed by atoms with Crippen molar-refractivity contribution in [1.82, 2.24) is 5.32 Å². The molecule has 7 nitrogen and oxygen atoms in total. The van der Waals surface area contributed by atoms with E-state index in [4.69, 9.17) is 37.4 Å². The topological polar surface area (TPSA) is 94.1 Å². The van der Waals surface area contributed by atoms with Crippen molar-refractivity contribution in [1.29, 1.82) is 0 Å². The van der Waals surface area contributed by atoms with E-state index in [1.807, 2.05) is 0 Å². The zero-order valence-corrected chi connectivity index (χ0v) is 16.7. The molecule has 0 aromatic heterocycles. The van der Waals surface area contributed by atoms with Gasteiger partial charge in [0.05, 0.1) is 31.7 Å². The molecule has 0 saturated carbocycles. The third-order valence-electron chi connectivity index (χ3n) is 3.78. The van der Waals surface area contributed by atoms with Crippen LogP contribution in [0.3, 0.4) is 0 Å². The Labute approximate surface area is 172 Å². The Morgan fingerprint density at radius 3 is 2.32 bits per heavy atom. The third kappa shape index (κ3) is 5.94. The lowest BCUT2D eigenvalue weighted by atomic mass is 10.0. The van der Waals surface area contributed by atoms with E-state index in [2.05, 4.69) is 5.32 Å². The van der Waals surface area contributed by atoms with E-state index in [1.54, 1.807) is 30.3 Å². The number of carboxylic acids is 1. The highest BCUT2D eigenvalue weighted by Gasteiger charge is 2.20. The van der Waals surface area contributed by atoms with Gasteiger partial charge in [-0.25, -0.2) is 0 Å². The number of methoxy groups -OCH3 is 2. The summed E-state index contributed by atoms with van der Waals surface area (Å²) in [6.07, 6.45) is -0.317. The Hall–Kier alpha value is -2.64. The minimum atomic E-state index is -1.07. The maximum Gasteiger partial charge on any atom is 0.305 e. The van der Waals surface area contributed by atoms with E-state index < -0.39 is 17.9 Å². The second-order valence-electron chi connectivity index (χ2n) is 5.70. The lowest BCUT2D eigenvalue weighted by Gasteiger charge is -2.19. The zero-order valence-electron chi connectivity index (χ0n) is 15.2. The van der Waals surface area contributed by atoms with Crippen LogP contribution in [0.15, 0.2) is 36.4 Å². The summed E-state index contributed by atoms with van der Waals surface area (Å²) >= 11 is 11.8. The summed E-state index contributed by atoms with van der Waals surface area (Å²) in [5.41, 5.74) is 0.554. The van der Waals surface area contributed by atoms with Gasteiger partial charge in [0.1, 0.15) is 5.75 Å². The van der Waals surface area contributed by atoms with Gasteiger partial charge in [-0.05, 0) is 35.9 Å². The molecule has 0 saturated heterocycles. The van der Waals surface area contributed by atoms with Crippen LogP contribution >= 0.6 is 23.2 Å². The molecule has 150 valence electrons. The number of ether oxygens (including phenoxy) is 3. The van der Waals surface area contributed by atoms with Gasteiger partial charge in [0.25, 0.3) is 5.91 Å². The number of benzene rings is 2. The summed E-state index contributed by atoms with van der Waals surface area (Å²) in [6, 6.07) is 8.75. The fourth-order valence-corrected chi connectivity index (χ4v) is 2.93. The van der Waals surface area contributed by atoms with E-state index in [1.165, 1.54) is 20.3 Å². The second kappa shape index (κ2) is 10.1. The van der Waals surface area contributed by atoms with Crippen LogP contribution in [-0.4, -0.2) is 37.8 Å². The van der Waals surface area contributed by atoms with Gasteiger partial charge in [-0.3, -0.25) is 9.59 Å². The van der Waals surface area contributed by atoms with Crippen molar-refractivity contribution in [3.8, 4) is 17.2 Å². The summed E-state index contributed by atoms with van der Waals surface area (Å²) in [6.45, 7) is -0.342. The van der Waals surface area contributed by atoms with Gasteiger partial charge in [0.15, 0.2) is 18.1 Å². The summed E-state index contributed by atoms with van der Waals surface area (Å²) in [7, 11) is 2.96. The minimum absolute atomic E-state index is 0.266. The van der Waals surface area contributed by atoms with Crippen LogP contribution < -0.4 is 19.5 Å². The van der Waals surface area contributed by atoms with Crippen LogP contribution in [0.25, 0.3) is 0 Å². The highest BCUT2D eigenvalue weighted by molar-refractivity contribution is 6.35. The molecule has 2 N–H and O–H groups in total. The fraction of sp³-hybridized carbons (Fsp3) is 0.263. The Bertz CT molecular complexity index is 858. The number of carboxylic acid groups (broad SMARTS) is 1. The Morgan fingerprint density at radius 1 is 1.04 bits per heavy atom. The predicted molar refractivity (Wildman–Crippen MR) is 105 cm³/mol. The molecule has 2 aromatic carbocycles. The van der Waals surface area contributed by atoms with Crippen molar-refractivity contribution in [2.75, 3.05) is 20.8 Å². The molecule has 0 aliphatic heterocycles. The number of hydrogen-bond acceptors (Lipinski definition) is 5. The lowest BCUT2D eigenvalue weighted by Crippen LogP contribution is -2.33. The second-order valence-corrected chi connectivity index (χ2v) is 6.54. The maximum absolute atomic E-state index is 12.3. The Morgan fingerprint density at radius 2 is 1.71 bits per heavy atom. The molecule has 0 aliphatic carbocycles. The van der Waals surface area contributed by atoms with Crippen molar-refractivity contribution in [3.05, 3.63) is 52.0 Å². The van der Waals surface area contributed by atoms with Crippen LogP contribution in [0.4, 0.5) is 0 Å². The molecule has 0 fully saturated rings. The lowest BCUT2D eigenvalue weighted by molar-refractivity contribution is -0.137. The monoisotopic (exact) mass is 427 g/mol. The molecule has 0 spiro atoms. The first kappa shape index (κ1) is 21.7. The van der Waals surface area contributed by atoms with E-state index in [9.17, 15) is 14.7 Å². The summed E-state index contributed by atoms with van der Waals surface area (Å²) < 4.78 is 15.8. The molecular weight excluding hydrogens is 409 g/mol. The molecule has 9 heteroatoms. The quantitative estimate of drug-likeness (QED) is 0.633. The smallest absolute Gasteiger partial charge is 0.305 e. The number of carbonyl (C=O) groups is 2. The van der Waals surface area contributed by atoms with Gasteiger partial charge in [-0.2, -0.15) is 0 Å². The van der Waals surface area contributed by atoms with E-state index in [0.717, 1.165) is 0 Å². The van der Waals surface area contributed by atoms with E-state index >= 15 is 0 Å². The number of halogens is 2. The zero-order chi connectivity index (χ0) is 20.7.